The summed E-state index contributed by atoms with van der Waals surface area (Å²) in [5.41, 5.74) is 4.44. The van der Waals surface area contributed by atoms with E-state index in [1.165, 1.54) is 22.6 Å². The molecule has 1 unspecified atom stereocenters. The maximum atomic E-state index is 13.0. The van der Waals surface area contributed by atoms with E-state index < -0.39 is 0 Å². The smallest absolute Gasteiger partial charge is 0.262 e. The minimum absolute atomic E-state index is 0.0354. The number of anilines is 1. The molecule has 2 amide bonds. The third kappa shape index (κ3) is 4.28. The third-order valence-corrected chi connectivity index (χ3v) is 7.21. The molecule has 0 radical (unpaired) electrons. The van der Waals surface area contributed by atoms with E-state index in [4.69, 9.17) is 0 Å². The quantitative estimate of drug-likeness (QED) is 0.602. The third-order valence-electron chi connectivity index (χ3n) is 6.06. The Morgan fingerprint density at radius 3 is 2.77 bits per heavy atom. The van der Waals surface area contributed by atoms with E-state index in [0.29, 0.717) is 4.88 Å². The van der Waals surface area contributed by atoms with Gasteiger partial charge in [-0.05, 0) is 56.2 Å². The van der Waals surface area contributed by atoms with Gasteiger partial charge in [0.15, 0.2) is 0 Å². The minimum atomic E-state index is -0.0805. The first-order valence-electron chi connectivity index (χ1n) is 10.9. The fourth-order valence-corrected chi connectivity index (χ4v) is 5.20. The SMILES string of the molecule is Cc1cc(NC(=O)C2CC2)sc1C(=O)NC1CCCc2c1cnn2Cc1ccccc1. The van der Waals surface area contributed by atoms with Crippen molar-refractivity contribution in [2.45, 2.75) is 51.6 Å². The van der Waals surface area contributed by atoms with Crippen LogP contribution in [0.5, 0.6) is 0 Å². The van der Waals surface area contributed by atoms with Gasteiger partial charge in [-0.3, -0.25) is 14.3 Å². The fraction of sp³-hybridized carbons (Fsp3) is 0.375. The molecule has 7 heteroatoms. The summed E-state index contributed by atoms with van der Waals surface area (Å²) in [5.74, 6) is 0.131. The van der Waals surface area contributed by atoms with Crippen molar-refractivity contribution in [1.82, 2.24) is 15.1 Å². The van der Waals surface area contributed by atoms with Crippen molar-refractivity contribution in [2.24, 2.45) is 5.92 Å². The predicted molar refractivity (Wildman–Crippen MR) is 121 cm³/mol. The maximum absolute atomic E-state index is 13.0. The number of benzene rings is 1. The first-order valence-corrected chi connectivity index (χ1v) is 11.7. The molecule has 31 heavy (non-hydrogen) atoms. The van der Waals surface area contributed by atoms with Gasteiger partial charge in [-0.25, -0.2) is 0 Å². The second-order valence-electron chi connectivity index (χ2n) is 8.49. The monoisotopic (exact) mass is 434 g/mol. The second-order valence-corrected chi connectivity index (χ2v) is 9.55. The van der Waals surface area contributed by atoms with E-state index in [-0.39, 0.29) is 23.8 Å². The average molecular weight is 435 g/mol. The van der Waals surface area contributed by atoms with Crippen molar-refractivity contribution >= 4 is 28.2 Å². The lowest BCUT2D eigenvalue weighted by atomic mass is 9.92. The number of amides is 2. The van der Waals surface area contributed by atoms with Crippen molar-refractivity contribution in [3.05, 3.63) is 69.9 Å². The number of carbonyl (C=O) groups excluding carboxylic acids is 2. The summed E-state index contributed by atoms with van der Waals surface area (Å²) in [6.07, 6.45) is 6.74. The van der Waals surface area contributed by atoms with Gasteiger partial charge in [0.05, 0.1) is 28.7 Å². The Kier molecular flexibility index (Phi) is 5.36. The molecule has 2 aromatic heterocycles. The largest absolute Gasteiger partial charge is 0.344 e. The van der Waals surface area contributed by atoms with E-state index in [0.717, 1.165) is 54.8 Å². The number of carbonyl (C=O) groups is 2. The van der Waals surface area contributed by atoms with Gasteiger partial charge in [-0.15, -0.1) is 11.3 Å². The zero-order valence-electron chi connectivity index (χ0n) is 17.6. The van der Waals surface area contributed by atoms with E-state index in [9.17, 15) is 9.59 Å². The van der Waals surface area contributed by atoms with Crippen molar-refractivity contribution in [2.75, 3.05) is 5.32 Å². The van der Waals surface area contributed by atoms with Gasteiger partial charge in [0, 0.05) is 17.2 Å². The molecule has 160 valence electrons. The highest BCUT2D eigenvalue weighted by Crippen LogP contribution is 2.34. The summed E-state index contributed by atoms with van der Waals surface area (Å²) in [5, 5.41) is 11.5. The fourth-order valence-electron chi connectivity index (χ4n) is 4.22. The van der Waals surface area contributed by atoms with Crippen LogP contribution in [0.25, 0.3) is 0 Å². The molecule has 1 saturated carbocycles. The van der Waals surface area contributed by atoms with Crippen LogP contribution in [0.1, 0.15) is 63.8 Å². The van der Waals surface area contributed by atoms with Crippen molar-refractivity contribution in [1.29, 1.82) is 0 Å². The molecule has 2 N–H and O–H groups in total. The first kappa shape index (κ1) is 20.0. The topological polar surface area (TPSA) is 76.0 Å². The number of nitrogens with one attached hydrogen (secondary N) is 2. The van der Waals surface area contributed by atoms with Gasteiger partial charge >= 0.3 is 0 Å². The summed E-state index contributed by atoms with van der Waals surface area (Å²) in [4.78, 5) is 25.7. The number of thiophene rings is 1. The molecule has 3 aromatic rings. The van der Waals surface area contributed by atoms with Gasteiger partial charge in [0.25, 0.3) is 5.91 Å². The Bertz CT molecular complexity index is 1110. The van der Waals surface area contributed by atoms with Crippen LogP contribution >= 0.6 is 11.3 Å². The van der Waals surface area contributed by atoms with E-state index in [1.807, 2.05) is 37.4 Å². The molecular weight excluding hydrogens is 408 g/mol. The summed E-state index contributed by atoms with van der Waals surface area (Å²) < 4.78 is 2.06. The Labute approximate surface area is 185 Å². The maximum Gasteiger partial charge on any atom is 0.262 e. The Hall–Kier alpha value is -2.93. The summed E-state index contributed by atoms with van der Waals surface area (Å²) in [7, 11) is 0. The normalized spacial score (nSPS) is 17.8. The zero-order valence-corrected chi connectivity index (χ0v) is 18.4. The molecule has 5 rings (SSSR count). The van der Waals surface area contributed by atoms with Gasteiger partial charge in [0.1, 0.15) is 0 Å². The number of fused-ring (bicyclic) bond motifs is 1. The molecule has 0 bridgehead atoms. The molecule has 0 aliphatic heterocycles. The van der Waals surface area contributed by atoms with Crippen LogP contribution in [0.3, 0.4) is 0 Å². The van der Waals surface area contributed by atoms with Crippen LogP contribution < -0.4 is 10.6 Å². The van der Waals surface area contributed by atoms with Crippen LogP contribution in [-0.4, -0.2) is 21.6 Å². The predicted octanol–water partition coefficient (Wildman–Crippen LogP) is 4.46. The van der Waals surface area contributed by atoms with Gasteiger partial charge in [0.2, 0.25) is 5.91 Å². The van der Waals surface area contributed by atoms with Gasteiger partial charge in [-0.2, -0.15) is 5.10 Å². The molecule has 0 spiro atoms. The highest BCUT2D eigenvalue weighted by atomic mass is 32.1. The Balaban J connectivity index is 1.30. The molecule has 1 atom stereocenters. The molecule has 0 saturated heterocycles. The highest BCUT2D eigenvalue weighted by Gasteiger charge is 2.31. The number of aromatic nitrogens is 2. The van der Waals surface area contributed by atoms with Crippen LogP contribution in [0.4, 0.5) is 5.00 Å². The van der Waals surface area contributed by atoms with E-state index in [2.05, 4.69) is 32.5 Å². The molecule has 2 aliphatic rings. The lowest BCUT2D eigenvalue weighted by molar-refractivity contribution is -0.117. The van der Waals surface area contributed by atoms with Crippen molar-refractivity contribution < 1.29 is 9.59 Å². The first-order chi connectivity index (χ1) is 15.1. The average Bonchev–Trinajstić information content (AvgIpc) is 3.45. The van der Waals surface area contributed by atoms with E-state index >= 15 is 0 Å². The molecule has 1 fully saturated rings. The summed E-state index contributed by atoms with van der Waals surface area (Å²) in [6.45, 7) is 2.66. The van der Waals surface area contributed by atoms with Crippen LogP contribution in [0, 0.1) is 12.8 Å². The number of rotatable bonds is 6. The number of aryl methyl sites for hydroxylation is 1. The molecule has 6 nitrogen and oxygen atoms in total. The number of hydrogen-bond donors (Lipinski definition) is 2. The second kappa shape index (κ2) is 8.30. The lowest BCUT2D eigenvalue weighted by Crippen LogP contribution is -2.31. The standard InChI is InChI=1S/C24H26N4O2S/c1-15-12-21(27-23(29)17-10-11-17)31-22(15)24(30)26-19-8-5-9-20-18(19)13-25-28(20)14-16-6-3-2-4-7-16/h2-4,6-7,12-13,17,19H,5,8-11,14H2,1H3,(H,26,30)(H,27,29). The molecule has 2 aliphatic carbocycles. The van der Waals surface area contributed by atoms with Crippen LogP contribution in [0.2, 0.25) is 0 Å². The van der Waals surface area contributed by atoms with Crippen molar-refractivity contribution in [3.8, 4) is 0 Å². The minimum Gasteiger partial charge on any atom is -0.344 e. The Morgan fingerprint density at radius 2 is 2.00 bits per heavy atom. The lowest BCUT2D eigenvalue weighted by Gasteiger charge is -2.24. The number of hydrogen-bond acceptors (Lipinski definition) is 4. The summed E-state index contributed by atoms with van der Waals surface area (Å²) >= 11 is 1.35. The summed E-state index contributed by atoms with van der Waals surface area (Å²) in [6, 6.07) is 12.2. The van der Waals surface area contributed by atoms with E-state index in [1.54, 1.807) is 0 Å². The van der Waals surface area contributed by atoms with Crippen molar-refractivity contribution in [3.63, 3.8) is 0 Å². The van der Waals surface area contributed by atoms with Gasteiger partial charge in [-0.1, -0.05) is 30.3 Å². The number of nitrogens with zero attached hydrogens (tertiary/aromatic N) is 2. The van der Waals surface area contributed by atoms with Crippen LogP contribution in [-0.2, 0) is 17.8 Å². The Morgan fingerprint density at radius 1 is 1.19 bits per heavy atom. The zero-order chi connectivity index (χ0) is 21.4. The molecular formula is C24H26N4O2S. The molecule has 1 aromatic carbocycles. The van der Waals surface area contributed by atoms with Crippen LogP contribution in [0.15, 0.2) is 42.6 Å². The van der Waals surface area contributed by atoms with Gasteiger partial charge < -0.3 is 10.6 Å². The molecule has 2 heterocycles. The highest BCUT2D eigenvalue weighted by molar-refractivity contribution is 7.18.